The van der Waals surface area contributed by atoms with Crippen molar-refractivity contribution in [3.63, 3.8) is 0 Å². The first kappa shape index (κ1) is 20.3. The summed E-state index contributed by atoms with van der Waals surface area (Å²) in [4.78, 5) is 41.8. The number of rotatable bonds is 5. The Labute approximate surface area is 164 Å². The molecule has 2 amide bonds. The monoisotopic (exact) mass is 426 g/mol. The number of halogens is 3. The van der Waals surface area contributed by atoms with E-state index in [-0.39, 0.29) is 17.2 Å². The van der Waals surface area contributed by atoms with Gasteiger partial charge in [-0.25, -0.2) is 4.98 Å². The van der Waals surface area contributed by atoms with Crippen LogP contribution in [-0.2, 0) is 17.4 Å². The first-order chi connectivity index (χ1) is 13.6. The summed E-state index contributed by atoms with van der Waals surface area (Å²) in [5, 5.41) is 6.43. The van der Waals surface area contributed by atoms with Gasteiger partial charge in [-0.15, -0.1) is 11.3 Å². The van der Waals surface area contributed by atoms with Crippen LogP contribution in [0.3, 0.4) is 0 Å². The van der Waals surface area contributed by atoms with Gasteiger partial charge in [-0.3, -0.25) is 19.7 Å². The van der Waals surface area contributed by atoms with Gasteiger partial charge in [0.1, 0.15) is 11.4 Å². The number of aryl methyl sites for hydroxylation is 1. The normalized spacial score (nSPS) is 11.3. The van der Waals surface area contributed by atoms with E-state index in [4.69, 9.17) is 4.42 Å². The molecule has 0 atom stereocenters. The van der Waals surface area contributed by atoms with Crippen LogP contribution in [0.1, 0.15) is 27.4 Å². The minimum atomic E-state index is -4.67. The number of nitrogens with one attached hydrogen (secondary N) is 3. The van der Waals surface area contributed by atoms with Gasteiger partial charge in [0.2, 0.25) is 5.91 Å². The van der Waals surface area contributed by atoms with Crippen LogP contribution in [0.2, 0.25) is 0 Å². The molecule has 3 N–H and O–H groups in total. The summed E-state index contributed by atoms with van der Waals surface area (Å²) in [7, 11) is 0. The predicted molar refractivity (Wildman–Crippen MR) is 97.9 cm³/mol. The molecule has 0 aliphatic heterocycles. The Bertz CT molecular complexity index is 1120. The maximum absolute atomic E-state index is 12.7. The highest BCUT2D eigenvalue weighted by Gasteiger charge is 2.31. The number of pyridine rings is 1. The number of furan rings is 1. The van der Waals surface area contributed by atoms with Crippen molar-refractivity contribution in [2.75, 3.05) is 10.6 Å². The number of hydrogen-bond donors (Lipinski definition) is 3. The van der Waals surface area contributed by atoms with Crippen LogP contribution >= 0.6 is 11.3 Å². The highest BCUT2D eigenvalue weighted by atomic mass is 32.1. The van der Waals surface area contributed by atoms with Crippen LogP contribution in [0.4, 0.5) is 24.0 Å². The minimum Gasteiger partial charge on any atom is -0.469 e. The Morgan fingerprint density at radius 3 is 2.72 bits per heavy atom. The second kappa shape index (κ2) is 7.91. The Morgan fingerprint density at radius 2 is 2.07 bits per heavy atom. The molecule has 0 bridgehead atoms. The molecule has 0 radical (unpaired) electrons. The van der Waals surface area contributed by atoms with E-state index >= 15 is 0 Å². The molecule has 0 aromatic carbocycles. The van der Waals surface area contributed by atoms with Gasteiger partial charge < -0.3 is 14.7 Å². The number of alkyl halides is 3. The fraction of sp³-hybridized carbons (Fsp3) is 0.176. The van der Waals surface area contributed by atoms with Crippen molar-refractivity contribution in [2.45, 2.75) is 19.5 Å². The molecule has 0 saturated heterocycles. The number of nitrogens with zero attached hydrogens (tertiary/aromatic N) is 1. The zero-order chi connectivity index (χ0) is 21.2. The molecule has 152 valence electrons. The van der Waals surface area contributed by atoms with Gasteiger partial charge in [-0.2, -0.15) is 13.2 Å². The molecule has 0 fully saturated rings. The summed E-state index contributed by atoms with van der Waals surface area (Å²) < 4.78 is 43.2. The van der Waals surface area contributed by atoms with E-state index in [0.29, 0.717) is 23.6 Å². The first-order valence-corrected chi connectivity index (χ1v) is 8.91. The number of amides is 2. The maximum atomic E-state index is 12.7. The molecule has 3 rings (SSSR count). The van der Waals surface area contributed by atoms with E-state index in [1.165, 1.54) is 17.7 Å². The summed E-state index contributed by atoms with van der Waals surface area (Å²) in [6.45, 7) is 1.63. The van der Waals surface area contributed by atoms with Crippen molar-refractivity contribution in [1.29, 1.82) is 0 Å². The van der Waals surface area contributed by atoms with Crippen molar-refractivity contribution < 1.29 is 27.2 Å². The van der Waals surface area contributed by atoms with Gasteiger partial charge >= 0.3 is 6.18 Å². The molecular formula is C17H13F3N4O4S. The fourth-order valence-electron chi connectivity index (χ4n) is 2.33. The average molecular weight is 426 g/mol. The lowest BCUT2D eigenvalue weighted by molar-refractivity contribution is -0.137. The first-order valence-electron chi connectivity index (χ1n) is 8.03. The zero-order valence-corrected chi connectivity index (χ0v) is 15.5. The third kappa shape index (κ3) is 4.90. The fourth-order valence-corrected chi connectivity index (χ4v) is 3.04. The second-order valence-corrected chi connectivity index (χ2v) is 6.70. The smallest absolute Gasteiger partial charge is 0.417 e. The minimum absolute atomic E-state index is 0.232. The molecule has 0 saturated carbocycles. The van der Waals surface area contributed by atoms with Crippen LogP contribution in [0.5, 0.6) is 0 Å². The molecule has 3 heterocycles. The van der Waals surface area contributed by atoms with Gasteiger partial charge in [0.15, 0.2) is 5.13 Å². The molecule has 3 aromatic heterocycles. The molecule has 0 aliphatic carbocycles. The zero-order valence-electron chi connectivity index (χ0n) is 14.7. The van der Waals surface area contributed by atoms with E-state index in [0.717, 1.165) is 11.3 Å². The maximum Gasteiger partial charge on any atom is 0.417 e. The highest BCUT2D eigenvalue weighted by Crippen LogP contribution is 2.29. The molecular weight excluding hydrogens is 413 g/mol. The number of hydrogen-bond acceptors (Lipinski definition) is 6. The third-order valence-electron chi connectivity index (χ3n) is 3.72. The Morgan fingerprint density at radius 1 is 1.31 bits per heavy atom. The van der Waals surface area contributed by atoms with Gasteiger partial charge in [-0.1, -0.05) is 0 Å². The topological polar surface area (TPSA) is 117 Å². The average Bonchev–Trinajstić information content (AvgIpc) is 3.24. The van der Waals surface area contributed by atoms with Crippen LogP contribution in [0, 0.1) is 6.92 Å². The summed E-state index contributed by atoms with van der Waals surface area (Å²) in [6, 6.07) is 2.05. The summed E-state index contributed by atoms with van der Waals surface area (Å²) in [6.07, 6.45) is -3.07. The van der Waals surface area contributed by atoms with Gasteiger partial charge in [0.25, 0.3) is 11.5 Å². The lowest BCUT2D eigenvalue weighted by Gasteiger charge is -2.08. The Hall–Kier alpha value is -3.41. The lowest BCUT2D eigenvalue weighted by atomic mass is 10.2. The van der Waals surface area contributed by atoms with Crippen molar-refractivity contribution >= 4 is 34.0 Å². The molecule has 0 unspecified atom stereocenters. The van der Waals surface area contributed by atoms with Crippen molar-refractivity contribution in [2.24, 2.45) is 0 Å². The van der Waals surface area contributed by atoms with E-state index in [1.54, 1.807) is 6.92 Å². The second-order valence-electron chi connectivity index (χ2n) is 5.84. The largest absolute Gasteiger partial charge is 0.469 e. The number of aromatic nitrogens is 2. The molecule has 8 nitrogen and oxygen atoms in total. The highest BCUT2D eigenvalue weighted by molar-refractivity contribution is 7.14. The molecule has 12 heteroatoms. The van der Waals surface area contributed by atoms with Gasteiger partial charge in [-0.05, 0) is 19.1 Å². The molecule has 0 spiro atoms. The van der Waals surface area contributed by atoms with E-state index < -0.39 is 34.8 Å². The number of thiazole rings is 1. The van der Waals surface area contributed by atoms with Gasteiger partial charge in [0, 0.05) is 11.6 Å². The Kier molecular flexibility index (Phi) is 5.55. The lowest BCUT2D eigenvalue weighted by Crippen LogP contribution is -2.22. The number of aromatic amines is 1. The van der Waals surface area contributed by atoms with E-state index in [1.807, 2.05) is 4.98 Å². The summed E-state index contributed by atoms with van der Waals surface area (Å²) in [5.74, 6) is -0.731. The Balaban J connectivity index is 1.64. The van der Waals surface area contributed by atoms with Gasteiger partial charge in [0.05, 0.1) is 29.5 Å². The summed E-state index contributed by atoms with van der Waals surface area (Å²) in [5.41, 5.74) is -1.88. The van der Waals surface area contributed by atoms with Crippen molar-refractivity contribution in [3.05, 3.63) is 62.9 Å². The number of carbonyl (C=O) groups is 2. The van der Waals surface area contributed by atoms with Crippen molar-refractivity contribution in [1.82, 2.24) is 9.97 Å². The number of carbonyl (C=O) groups excluding carboxylic acids is 2. The van der Waals surface area contributed by atoms with Crippen LogP contribution in [0.25, 0.3) is 0 Å². The molecule has 3 aromatic rings. The predicted octanol–water partition coefficient (Wildman–Crippen LogP) is 3.19. The number of anilines is 2. The third-order valence-corrected chi connectivity index (χ3v) is 4.53. The van der Waals surface area contributed by atoms with E-state index in [9.17, 15) is 27.6 Å². The molecule has 29 heavy (non-hydrogen) atoms. The molecule has 0 aliphatic rings. The summed E-state index contributed by atoms with van der Waals surface area (Å²) >= 11 is 1.07. The van der Waals surface area contributed by atoms with Crippen LogP contribution < -0.4 is 16.2 Å². The van der Waals surface area contributed by atoms with Crippen LogP contribution in [-0.4, -0.2) is 21.8 Å². The number of H-pyrrole nitrogens is 1. The standard InChI is InChI=1S/C17H13F3N4O4S/c1-8-11(2-3-28-8)14(26)24-16-22-10(7-29-16)5-13(25)23-12-4-9(17(18,19)20)6-21-15(12)27/h2-4,6-7H,5H2,1H3,(H,21,27)(H,23,25)(H,22,24,26). The van der Waals surface area contributed by atoms with Crippen molar-refractivity contribution in [3.8, 4) is 0 Å². The quantitative estimate of drug-likeness (QED) is 0.579. The SMILES string of the molecule is Cc1occc1C(=O)Nc1nc(CC(=O)Nc2cc(C(F)(F)F)c[nH]c2=O)cs1. The van der Waals surface area contributed by atoms with E-state index in [2.05, 4.69) is 15.6 Å². The van der Waals surface area contributed by atoms with Crippen LogP contribution in [0.15, 0.2) is 39.2 Å².